The molecule has 4 nitrogen and oxygen atoms in total. The zero-order chi connectivity index (χ0) is 15.8. The molecule has 2 aromatic rings. The number of hydrogen-bond acceptors (Lipinski definition) is 2. The summed E-state index contributed by atoms with van der Waals surface area (Å²) in [6.07, 6.45) is 3.11. The van der Waals surface area contributed by atoms with E-state index in [9.17, 15) is 9.59 Å². The van der Waals surface area contributed by atoms with Crippen molar-refractivity contribution >= 4 is 46.2 Å². The monoisotopic (exact) mass is 406 g/mol. The molecule has 0 unspecified atom stereocenters. The van der Waals surface area contributed by atoms with Crippen molar-refractivity contribution in [2.24, 2.45) is 0 Å². The smallest absolute Gasteiger partial charge is 0.244 e. The zero-order valence-corrected chi connectivity index (χ0v) is 13.9. The topological polar surface area (TPSA) is 58.2 Å². The molecule has 5 heteroatoms. The van der Waals surface area contributed by atoms with E-state index in [1.54, 1.807) is 12.1 Å². The highest BCUT2D eigenvalue weighted by Crippen LogP contribution is 2.11. The van der Waals surface area contributed by atoms with E-state index in [1.165, 1.54) is 6.08 Å². The first-order valence-electron chi connectivity index (χ1n) is 6.70. The fraction of sp³-hybridized carbons (Fsp3) is 0.0588. The van der Waals surface area contributed by atoms with Crippen LogP contribution in [0.3, 0.4) is 0 Å². The van der Waals surface area contributed by atoms with Crippen molar-refractivity contribution < 1.29 is 9.59 Å². The molecule has 0 bridgehead atoms. The Balaban J connectivity index is 1.78. The number of carbonyl (C=O) groups excluding carboxylic acids is 2. The van der Waals surface area contributed by atoms with Gasteiger partial charge in [-0.1, -0.05) is 36.4 Å². The highest BCUT2D eigenvalue weighted by molar-refractivity contribution is 14.1. The van der Waals surface area contributed by atoms with Gasteiger partial charge in [-0.2, -0.15) is 0 Å². The average Bonchev–Trinajstić information content (AvgIpc) is 2.52. The van der Waals surface area contributed by atoms with Crippen LogP contribution in [0.15, 0.2) is 60.7 Å². The van der Waals surface area contributed by atoms with Crippen molar-refractivity contribution in [2.75, 3.05) is 11.9 Å². The average molecular weight is 406 g/mol. The van der Waals surface area contributed by atoms with Crippen LogP contribution in [-0.4, -0.2) is 18.4 Å². The van der Waals surface area contributed by atoms with E-state index in [1.807, 2.05) is 48.5 Å². The van der Waals surface area contributed by atoms with Crippen molar-refractivity contribution in [3.8, 4) is 0 Å². The Kier molecular flexibility index (Phi) is 6.14. The highest BCUT2D eigenvalue weighted by Gasteiger charge is 2.04. The minimum atomic E-state index is -0.304. The Bertz CT molecular complexity index is 684. The van der Waals surface area contributed by atoms with Gasteiger partial charge in [0.25, 0.3) is 0 Å². The van der Waals surface area contributed by atoms with Crippen LogP contribution < -0.4 is 10.6 Å². The third kappa shape index (κ3) is 5.69. The van der Waals surface area contributed by atoms with Crippen molar-refractivity contribution in [2.45, 2.75) is 0 Å². The normalized spacial score (nSPS) is 10.4. The van der Waals surface area contributed by atoms with Crippen LogP contribution in [0.4, 0.5) is 5.69 Å². The van der Waals surface area contributed by atoms with Gasteiger partial charge in [0, 0.05) is 15.3 Å². The number of halogens is 1. The molecule has 0 aliphatic carbocycles. The van der Waals surface area contributed by atoms with Gasteiger partial charge in [-0.05, 0) is 52.4 Å². The number of benzene rings is 2. The Labute approximate surface area is 142 Å². The molecule has 2 amide bonds. The molecule has 0 aromatic heterocycles. The van der Waals surface area contributed by atoms with Gasteiger partial charge >= 0.3 is 0 Å². The Morgan fingerprint density at radius 2 is 1.82 bits per heavy atom. The Morgan fingerprint density at radius 3 is 2.55 bits per heavy atom. The molecule has 0 saturated carbocycles. The fourth-order valence-electron chi connectivity index (χ4n) is 1.73. The molecule has 0 heterocycles. The van der Waals surface area contributed by atoms with Crippen LogP contribution in [0.2, 0.25) is 0 Å². The van der Waals surface area contributed by atoms with Gasteiger partial charge < -0.3 is 10.6 Å². The van der Waals surface area contributed by atoms with E-state index in [0.29, 0.717) is 5.69 Å². The first-order valence-corrected chi connectivity index (χ1v) is 7.78. The number of nitrogens with one attached hydrogen (secondary N) is 2. The molecule has 0 radical (unpaired) electrons. The van der Waals surface area contributed by atoms with Crippen LogP contribution in [0.25, 0.3) is 6.08 Å². The summed E-state index contributed by atoms with van der Waals surface area (Å²) in [5.74, 6) is -0.565. The third-order valence-electron chi connectivity index (χ3n) is 2.76. The van der Waals surface area contributed by atoms with Crippen LogP contribution >= 0.6 is 22.6 Å². The van der Waals surface area contributed by atoms with Crippen molar-refractivity contribution in [1.82, 2.24) is 5.32 Å². The van der Waals surface area contributed by atoms with Crippen LogP contribution in [0.1, 0.15) is 5.56 Å². The summed E-state index contributed by atoms with van der Waals surface area (Å²) in [6, 6.07) is 16.9. The summed E-state index contributed by atoms with van der Waals surface area (Å²) in [7, 11) is 0. The molecule has 0 saturated heterocycles. The van der Waals surface area contributed by atoms with E-state index < -0.39 is 0 Å². The lowest BCUT2D eigenvalue weighted by Crippen LogP contribution is -2.31. The molecular weight excluding hydrogens is 391 g/mol. The molecule has 22 heavy (non-hydrogen) atoms. The number of hydrogen-bond donors (Lipinski definition) is 2. The number of rotatable bonds is 5. The lowest BCUT2D eigenvalue weighted by molar-refractivity contribution is -0.121. The van der Waals surface area contributed by atoms with Gasteiger partial charge in [0.2, 0.25) is 11.8 Å². The van der Waals surface area contributed by atoms with E-state index in [-0.39, 0.29) is 18.4 Å². The van der Waals surface area contributed by atoms with Crippen LogP contribution in [0, 0.1) is 3.57 Å². The van der Waals surface area contributed by atoms with Crippen molar-refractivity contribution in [3.63, 3.8) is 0 Å². The molecule has 0 atom stereocenters. The lowest BCUT2D eigenvalue weighted by atomic mass is 10.2. The second-order valence-electron chi connectivity index (χ2n) is 4.52. The van der Waals surface area contributed by atoms with Gasteiger partial charge in [0.1, 0.15) is 0 Å². The van der Waals surface area contributed by atoms with Crippen molar-refractivity contribution in [3.05, 3.63) is 69.8 Å². The number of amides is 2. The summed E-state index contributed by atoms with van der Waals surface area (Å²) in [5.41, 5.74) is 1.65. The van der Waals surface area contributed by atoms with Gasteiger partial charge in [0.15, 0.2) is 0 Å². The van der Waals surface area contributed by atoms with E-state index in [2.05, 4.69) is 33.2 Å². The first-order chi connectivity index (χ1) is 10.6. The Hall–Kier alpha value is -2.15. The quantitative estimate of drug-likeness (QED) is 0.593. The SMILES string of the molecule is O=C(/C=C/c1ccccc1)NCC(=O)Nc1cccc(I)c1. The maximum atomic E-state index is 11.8. The summed E-state index contributed by atoms with van der Waals surface area (Å²) in [4.78, 5) is 23.4. The molecule has 2 rings (SSSR count). The summed E-state index contributed by atoms with van der Waals surface area (Å²) in [6.45, 7) is -0.0660. The van der Waals surface area contributed by atoms with Crippen LogP contribution in [-0.2, 0) is 9.59 Å². The number of carbonyl (C=O) groups is 2. The standard InChI is InChI=1S/C17H15IN2O2/c18-14-7-4-8-15(11-14)20-17(22)12-19-16(21)10-9-13-5-2-1-3-6-13/h1-11H,12H2,(H,19,21)(H,20,22)/b10-9+. The summed E-state index contributed by atoms with van der Waals surface area (Å²) in [5, 5.41) is 5.28. The fourth-order valence-corrected chi connectivity index (χ4v) is 2.28. The molecule has 2 N–H and O–H groups in total. The van der Waals surface area contributed by atoms with Gasteiger partial charge in [-0.25, -0.2) is 0 Å². The van der Waals surface area contributed by atoms with Crippen LogP contribution in [0.5, 0.6) is 0 Å². The minimum absolute atomic E-state index is 0.0660. The largest absolute Gasteiger partial charge is 0.343 e. The van der Waals surface area contributed by atoms with Gasteiger partial charge in [-0.3, -0.25) is 9.59 Å². The molecule has 112 valence electrons. The third-order valence-corrected chi connectivity index (χ3v) is 3.43. The maximum Gasteiger partial charge on any atom is 0.244 e. The molecule has 0 aliphatic heterocycles. The molecule has 0 fully saturated rings. The predicted molar refractivity (Wildman–Crippen MR) is 96.3 cm³/mol. The van der Waals surface area contributed by atoms with E-state index >= 15 is 0 Å². The highest BCUT2D eigenvalue weighted by atomic mass is 127. The second kappa shape index (κ2) is 8.33. The Morgan fingerprint density at radius 1 is 1.05 bits per heavy atom. The predicted octanol–water partition coefficient (Wildman–Crippen LogP) is 3.06. The minimum Gasteiger partial charge on any atom is -0.343 e. The molecular formula is C17H15IN2O2. The number of anilines is 1. The maximum absolute atomic E-state index is 11.8. The summed E-state index contributed by atoms with van der Waals surface area (Å²) >= 11 is 2.17. The van der Waals surface area contributed by atoms with Crippen molar-refractivity contribution in [1.29, 1.82) is 0 Å². The molecule has 0 aliphatic rings. The lowest BCUT2D eigenvalue weighted by Gasteiger charge is -2.06. The molecule has 0 spiro atoms. The zero-order valence-electron chi connectivity index (χ0n) is 11.8. The summed E-state index contributed by atoms with van der Waals surface area (Å²) < 4.78 is 1.03. The van der Waals surface area contributed by atoms with E-state index in [0.717, 1.165) is 9.13 Å². The van der Waals surface area contributed by atoms with E-state index in [4.69, 9.17) is 0 Å². The molecule has 2 aromatic carbocycles. The van der Waals surface area contributed by atoms with Gasteiger partial charge in [-0.15, -0.1) is 0 Å². The first kappa shape index (κ1) is 16.2. The van der Waals surface area contributed by atoms with Gasteiger partial charge in [0.05, 0.1) is 6.54 Å². The second-order valence-corrected chi connectivity index (χ2v) is 5.77.